The zero-order valence-corrected chi connectivity index (χ0v) is 14.1. The Hall–Kier alpha value is -2.64. The van der Waals surface area contributed by atoms with E-state index in [1.165, 1.54) is 12.5 Å². The van der Waals surface area contributed by atoms with Crippen molar-refractivity contribution >= 4 is 22.8 Å². The predicted molar refractivity (Wildman–Crippen MR) is 90.2 cm³/mol. The van der Waals surface area contributed by atoms with Crippen LogP contribution < -0.4 is 10.5 Å². The summed E-state index contributed by atoms with van der Waals surface area (Å²) in [6.07, 6.45) is 2.63. The number of H-pyrrole nitrogens is 1. The van der Waals surface area contributed by atoms with E-state index in [4.69, 9.17) is 4.74 Å². The molecule has 2 aromatic rings. The standard InChI is InChI=1S/C16H21N5O3/c1-16(2,3)24-15(23)21-6-4-20(5-7-21)13-8-12-11(9-17-13)14(22)19-10-18-12/h8-10H,4-7H2,1-3H3,(H,18,19,22). The maximum absolute atomic E-state index is 12.1. The number of hydrogen-bond acceptors (Lipinski definition) is 6. The van der Waals surface area contributed by atoms with Gasteiger partial charge in [0, 0.05) is 38.4 Å². The van der Waals surface area contributed by atoms with Crippen molar-refractivity contribution in [1.29, 1.82) is 0 Å². The molecule has 8 heteroatoms. The van der Waals surface area contributed by atoms with Gasteiger partial charge in [-0.25, -0.2) is 14.8 Å². The smallest absolute Gasteiger partial charge is 0.410 e. The van der Waals surface area contributed by atoms with E-state index in [0.29, 0.717) is 37.1 Å². The monoisotopic (exact) mass is 331 g/mol. The van der Waals surface area contributed by atoms with E-state index in [9.17, 15) is 9.59 Å². The molecule has 2 aromatic heterocycles. The number of carbonyl (C=O) groups excluding carboxylic acids is 1. The first-order valence-corrected chi connectivity index (χ1v) is 7.90. The lowest BCUT2D eigenvalue weighted by Gasteiger charge is -2.36. The number of ether oxygens (including phenoxy) is 1. The quantitative estimate of drug-likeness (QED) is 0.849. The van der Waals surface area contributed by atoms with Gasteiger partial charge in [-0.2, -0.15) is 0 Å². The van der Waals surface area contributed by atoms with Gasteiger partial charge in [-0.3, -0.25) is 4.79 Å². The Kier molecular flexibility index (Phi) is 4.13. The molecule has 1 saturated heterocycles. The fraction of sp³-hybridized carbons (Fsp3) is 0.500. The van der Waals surface area contributed by atoms with E-state index < -0.39 is 5.60 Å². The maximum atomic E-state index is 12.1. The van der Waals surface area contributed by atoms with Crippen LogP contribution in [0.5, 0.6) is 0 Å². The molecule has 128 valence electrons. The normalized spacial score (nSPS) is 15.6. The summed E-state index contributed by atoms with van der Waals surface area (Å²) in [4.78, 5) is 38.6. The van der Waals surface area contributed by atoms with Crippen LogP contribution in [0.2, 0.25) is 0 Å². The van der Waals surface area contributed by atoms with Gasteiger partial charge in [0.25, 0.3) is 5.56 Å². The Labute approximate surface area is 139 Å². The minimum absolute atomic E-state index is 0.200. The van der Waals surface area contributed by atoms with Gasteiger partial charge in [-0.1, -0.05) is 0 Å². The highest BCUT2D eigenvalue weighted by molar-refractivity contribution is 5.79. The number of fused-ring (bicyclic) bond motifs is 1. The van der Waals surface area contributed by atoms with E-state index >= 15 is 0 Å². The molecule has 0 spiro atoms. The average Bonchev–Trinajstić information content (AvgIpc) is 2.53. The first-order valence-electron chi connectivity index (χ1n) is 7.90. The summed E-state index contributed by atoms with van der Waals surface area (Å²) < 4.78 is 5.39. The second kappa shape index (κ2) is 6.10. The zero-order valence-electron chi connectivity index (χ0n) is 14.1. The Bertz CT molecular complexity index is 803. The van der Waals surface area contributed by atoms with Crippen molar-refractivity contribution in [1.82, 2.24) is 19.9 Å². The van der Waals surface area contributed by atoms with Gasteiger partial charge in [0.05, 0.1) is 17.2 Å². The van der Waals surface area contributed by atoms with Gasteiger partial charge in [0.1, 0.15) is 11.4 Å². The summed E-state index contributed by atoms with van der Waals surface area (Å²) in [6.45, 7) is 8.01. The van der Waals surface area contributed by atoms with Crippen molar-refractivity contribution in [2.45, 2.75) is 26.4 Å². The zero-order chi connectivity index (χ0) is 17.3. The number of carbonyl (C=O) groups is 1. The SMILES string of the molecule is CC(C)(C)OC(=O)N1CCN(c2cc3nc[nH]c(=O)c3cn2)CC1. The van der Waals surface area contributed by atoms with Gasteiger partial charge < -0.3 is 19.5 Å². The van der Waals surface area contributed by atoms with Gasteiger partial charge in [-0.15, -0.1) is 0 Å². The first-order chi connectivity index (χ1) is 11.3. The lowest BCUT2D eigenvalue weighted by Crippen LogP contribution is -2.50. The molecule has 0 radical (unpaired) electrons. The molecule has 3 rings (SSSR count). The van der Waals surface area contributed by atoms with Crippen LogP contribution in [0.15, 0.2) is 23.4 Å². The molecule has 1 fully saturated rings. The Morgan fingerprint density at radius 1 is 1.21 bits per heavy atom. The molecule has 24 heavy (non-hydrogen) atoms. The van der Waals surface area contributed by atoms with E-state index in [1.807, 2.05) is 20.8 Å². The third-order valence-electron chi connectivity index (χ3n) is 3.77. The summed E-state index contributed by atoms with van der Waals surface area (Å²) in [5.41, 5.74) is -0.0838. The molecular weight excluding hydrogens is 310 g/mol. The van der Waals surface area contributed by atoms with Gasteiger partial charge in [-0.05, 0) is 20.8 Å². The third-order valence-corrected chi connectivity index (χ3v) is 3.77. The summed E-state index contributed by atoms with van der Waals surface area (Å²) >= 11 is 0. The van der Waals surface area contributed by atoms with Crippen LogP contribution in [0.1, 0.15) is 20.8 Å². The van der Waals surface area contributed by atoms with Crippen molar-refractivity contribution in [2.24, 2.45) is 0 Å². The van der Waals surface area contributed by atoms with Crippen molar-refractivity contribution in [2.75, 3.05) is 31.1 Å². The Balaban J connectivity index is 1.69. The summed E-state index contributed by atoms with van der Waals surface area (Å²) in [5.74, 6) is 0.754. The van der Waals surface area contributed by atoms with Gasteiger partial charge >= 0.3 is 6.09 Å². The predicted octanol–water partition coefficient (Wildman–Crippen LogP) is 1.38. The number of aromatic nitrogens is 3. The lowest BCUT2D eigenvalue weighted by molar-refractivity contribution is 0.0240. The number of hydrogen-bond donors (Lipinski definition) is 1. The first kappa shape index (κ1) is 16.2. The maximum Gasteiger partial charge on any atom is 0.410 e. The molecule has 0 atom stereocenters. The molecule has 0 bridgehead atoms. The number of pyridine rings is 1. The van der Waals surface area contributed by atoms with E-state index in [2.05, 4.69) is 19.9 Å². The van der Waals surface area contributed by atoms with Crippen LogP contribution >= 0.6 is 0 Å². The fourth-order valence-corrected chi connectivity index (χ4v) is 2.57. The lowest BCUT2D eigenvalue weighted by atomic mass is 10.2. The number of amides is 1. The van der Waals surface area contributed by atoms with E-state index in [1.54, 1.807) is 11.0 Å². The van der Waals surface area contributed by atoms with Gasteiger partial charge in [0.2, 0.25) is 0 Å². The van der Waals surface area contributed by atoms with Crippen molar-refractivity contribution in [3.8, 4) is 0 Å². The summed E-state index contributed by atoms with van der Waals surface area (Å²) in [7, 11) is 0. The number of aromatic amines is 1. The fourth-order valence-electron chi connectivity index (χ4n) is 2.57. The topological polar surface area (TPSA) is 91.4 Å². The molecule has 1 aliphatic rings. The Morgan fingerprint density at radius 2 is 1.92 bits per heavy atom. The summed E-state index contributed by atoms with van der Waals surface area (Å²) in [5, 5.41) is 0.466. The van der Waals surface area contributed by atoms with Crippen LogP contribution in [0.3, 0.4) is 0 Å². The highest BCUT2D eigenvalue weighted by Crippen LogP contribution is 2.18. The number of anilines is 1. The molecule has 0 aliphatic carbocycles. The Morgan fingerprint density at radius 3 is 2.58 bits per heavy atom. The largest absolute Gasteiger partial charge is 0.444 e. The van der Waals surface area contributed by atoms with Crippen molar-refractivity contribution in [3.05, 3.63) is 28.9 Å². The summed E-state index contributed by atoms with van der Waals surface area (Å²) in [6, 6.07) is 1.80. The van der Waals surface area contributed by atoms with Crippen LogP contribution in [0.4, 0.5) is 10.6 Å². The van der Waals surface area contributed by atoms with Crippen molar-refractivity contribution in [3.63, 3.8) is 0 Å². The average molecular weight is 331 g/mol. The number of nitrogens with one attached hydrogen (secondary N) is 1. The van der Waals surface area contributed by atoms with E-state index in [0.717, 1.165) is 5.82 Å². The molecule has 0 saturated carbocycles. The molecule has 1 amide bonds. The molecule has 0 aromatic carbocycles. The molecule has 1 N–H and O–H groups in total. The highest BCUT2D eigenvalue weighted by atomic mass is 16.6. The van der Waals surface area contributed by atoms with Crippen molar-refractivity contribution < 1.29 is 9.53 Å². The molecule has 0 unspecified atom stereocenters. The van der Waals surface area contributed by atoms with Crippen LogP contribution in [0, 0.1) is 0 Å². The minimum atomic E-state index is -0.493. The number of nitrogens with zero attached hydrogens (tertiary/aromatic N) is 4. The van der Waals surface area contributed by atoms with Crippen LogP contribution in [0.25, 0.3) is 10.9 Å². The number of piperazine rings is 1. The molecule has 1 aliphatic heterocycles. The van der Waals surface area contributed by atoms with Crippen LogP contribution in [-0.2, 0) is 4.74 Å². The van der Waals surface area contributed by atoms with Gasteiger partial charge in [0.15, 0.2) is 0 Å². The second-order valence-corrected chi connectivity index (χ2v) is 6.75. The molecular formula is C16H21N5O3. The van der Waals surface area contributed by atoms with E-state index in [-0.39, 0.29) is 11.7 Å². The number of rotatable bonds is 1. The second-order valence-electron chi connectivity index (χ2n) is 6.75. The third kappa shape index (κ3) is 3.47. The molecule has 8 nitrogen and oxygen atoms in total. The minimum Gasteiger partial charge on any atom is -0.444 e. The molecule has 3 heterocycles. The van der Waals surface area contributed by atoms with Crippen LogP contribution in [-0.4, -0.2) is 57.7 Å². The highest BCUT2D eigenvalue weighted by Gasteiger charge is 2.26.